The van der Waals surface area contributed by atoms with E-state index in [0.717, 1.165) is 29.3 Å². The molecule has 1 aliphatic carbocycles. The summed E-state index contributed by atoms with van der Waals surface area (Å²) >= 11 is 5.69. The summed E-state index contributed by atoms with van der Waals surface area (Å²) in [5, 5.41) is 2.26. The van der Waals surface area contributed by atoms with E-state index in [-0.39, 0.29) is 11.8 Å². The highest BCUT2D eigenvalue weighted by molar-refractivity contribution is 6.27. The molecule has 1 aromatic carbocycles. The van der Waals surface area contributed by atoms with Crippen LogP contribution < -0.4 is 0 Å². The Hall–Kier alpha value is -1.61. The number of aromatic nitrogens is 1. The fourth-order valence-electron chi connectivity index (χ4n) is 2.35. The lowest BCUT2D eigenvalue weighted by atomic mass is 10.1. The van der Waals surface area contributed by atoms with Crippen LogP contribution in [-0.4, -0.2) is 27.7 Å². The maximum atomic E-state index is 11.9. The molecule has 1 amide bonds. The van der Waals surface area contributed by atoms with E-state index in [9.17, 15) is 4.79 Å². The number of benzene rings is 1. The van der Waals surface area contributed by atoms with E-state index in [1.807, 2.05) is 29.2 Å². The molecule has 0 atom stereocenters. The summed E-state index contributed by atoms with van der Waals surface area (Å²) in [5.41, 5.74) is 0.948. The number of carbonyl (C=O) groups is 1. The standard InChI is InChI=1S/C15H15ClN2O/c16-9-15(19)18(12-5-6-12)10-14-13-4-2-1-3-11(13)7-8-17-14/h1-4,7-8,12H,5-6,9-10H2. The highest BCUT2D eigenvalue weighted by atomic mass is 35.5. The van der Waals surface area contributed by atoms with E-state index >= 15 is 0 Å². The molecule has 0 radical (unpaired) electrons. The van der Waals surface area contributed by atoms with Gasteiger partial charge in [0.25, 0.3) is 0 Å². The van der Waals surface area contributed by atoms with Crippen molar-refractivity contribution in [1.29, 1.82) is 0 Å². The molecule has 19 heavy (non-hydrogen) atoms. The third-order valence-electron chi connectivity index (χ3n) is 3.50. The SMILES string of the molecule is O=C(CCl)N(Cc1nccc2ccccc12)C1CC1. The molecule has 3 rings (SSSR count). The Morgan fingerprint density at radius 2 is 2.11 bits per heavy atom. The van der Waals surface area contributed by atoms with Gasteiger partial charge < -0.3 is 4.90 Å². The molecule has 4 heteroatoms. The number of hydrogen-bond acceptors (Lipinski definition) is 2. The zero-order chi connectivity index (χ0) is 13.2. The minimum atomic E-state index is -0.00102. The molecule has 1 aromatic heterocycles. The Balaban J connectivity index is 1.93. The number of carbonyl (C=O) groups excluding carboxylic acids is 1. The number of fused-ring (bicyclic) bond motifs is 1. The smallest absolute Gasteiger partial charge is 0.238 e. The van der Waals surface area contributed by atoms with Crippen molar-refractivity contribution in [3.05, 3.63) is 42.2 Å². The lowest BCUT2D eigenvalue weighted by Gasteiger charge is -2.21. The third kappa shape index (κ3) is 2.56. The first-order chi connectivity index (χ1) is 9.29. The highest BCUT2D eigenvalue weighted by Gasteiger charge is 2.32. The van der Waals surface area contributed by atoms with Crippen molar-refractivity contribution in [1.82, 2.24) is 9.88 Å². The molecule has 1 heterocycles. The molecule has 2 aromatic rings. The fourth-order valence-corrected chi connectivity index (χ4v) is 2.51. The van der Waals surface area contributed by atoms with Gasteiger partial charge in [-0.25, -0.2) is 0 Å². The second kappa shape index (κ2) is 5.17. The van der Waals surface area contributed by atoms with E-state index in [1.165, 1.54) is 0 Å². The Bertz CT molecular complexity index is 605. The van der Waals surface area contributed by atoms with Crippen molar-refractivity contribution in [2.24, 2.45) is 0 Å². The molecule has 98 valence electrons. The van der Waals surface area contributed by atoms with Gasteiger partial charge in [0, 0.05) is 17.6 Å². The van der Waals surface area contributed by atoms with Crippen molar-refractivity contribution >= 4 is 28.3 Å². The van der Waals surface area contributed by atoms with Crippen LogP contribution in [0.3, 0.4) is 0 Å². The summed E-state index contributed by atoms with van der Waals surface area (Å²) in [7, 11) is 0. The van der Waals surface area contributed by atoms with Gasteiger partial charge in [0.1, 0.15) is 5.88 Å². The number of amides is 1. The molecule has 0 bridgehead atoms. The Kier molecular flexibility index (Phi) is 3.38. The molecule has 1 saturated carbocycles. The van der Waals surface area contributed by atoms with Crippen LogP contribution in [0.15, 0.2) is 36.5 Å². The summed E-state index contributed by atoms with van der Waals surface area (Å²) in [4.78, 5) is 18.2. The lowest BCUT2D eigenvalue weighted by molar-refractivity contribution is -0.129. The highest BCUT2D eigenvalue weighted by Crippen LogP contribution is 2.29. The molecular weight excluding hydrogens is 260 g/mol. The second-order valence-corrected chi connectivity index (χ2v) is 5.13. The minimum Gasteiger partial charge on any atom is -0.333 e. The normalized spacial score (nSPS) is 14.6. The van der Waals surface area contributed by atoms with Crippen molar-refractivity contribution in [3.8, 4) is 0 Å². The molecule has 0 N–H and O–H groups in total. The van der Waals surface area contributed by atoms with E-state index in [0.29, 0.717) is 12.6 Å². The van der Waals surface area contributed by atoms with Gasteiger partial charge in [-0.15, -0.1) is 11.6 Å². The van der Waals surface area contributed by atoms with Gasteiger partial charge in [-0.3, -0.25) is 9.78 Å². The summed E-state index contributed by atoms with van der Waals surface area (Å²) in [6.07, 6.45) is 3.95. The first-order valence-electron chi connectivity index (χ1n) is 6.47. The van der Waals surface area contributed by atoms with E-state index in [2.05, 4.69) is 11.1 Å². The molecular formula is C15H15ClN2O. The Morgan fingerprint density at radius 3 is 2.84 bits per heavy atom. The van der Waals surface area contributed by atoms with E-state index in [1.54, 1.807) is 6.20 Å². The predicted octanol–water partition coefficient (Wildman–Crippen LogP) is 2.96. The first kappa shape index (κ1) is 12.4. The van der Waals surface area contributed by atoms with Crippen LogP contribution in [0.1, 0.15) is 18.5 Å². The molecule has 0 saturated heterocycles. The second-order valence-electron chi connectivity index (χ2n) is 4.87. The summed E-state index contributed by atoms with van der Waals surface area (Å²) in [5.74, 6) is 0.0419. The lowest BCUT2D eigenvalue weighted by Crippen LogP contribution is -2.33. The average Bonchev–Trinajstić information content (AvgIpc) is 3.28. The number of pyridine rings is 1. The van der Waals surface area contributed by atoms with Gasteiger partial charge >= 0.3 is 0 Å². The maximum absolute atomic E-state index is 11.9. The van der Waals surface area contributed by atoms with Crippen LogP contribution >= 0.6 is 11.6 Å². The summed E-state index contributed by atoms with van der Waals surface area (Å²) < 4.78 is 0. The molecule has 1 fully saturated rings. The molecule has 0 aliphatic heterocycles. The Labute approximate surface area is 117 Å². The topological polar surface area (TPSA) is 33.2 Å². The quantitative estimate of drug-likeness (QED) is 0.803. The van der Waals surface area contributed by atoms with Crippen molar-refractivity contribution in [2.75, 3.05) is 5.88 Å². The van der Waals surface area contributed by atoms with Gasteiger partial charge in [-0.2, -0.15) is 0 Å². The van der Waals surface area contributed by atoms with Gasteiger partial charge in [-0.1, -0.05) is 24.3 Å². The predicted molar refractivity (Wildman–Crippen MR) is 76.0 cm³/mol. The van der Waals surface area contributed by atoms with E-state index in [4.69, 9.17) is 11.6 Å². The van der Waals surface area contributed by atoms with Crippen LogP contribution in [0.25, 0.3) is 10.8 Å². The van der Waals surface area contributed by atoms with Crippen LogP contribution in [0, 0.1) is 0 Å². The van der Waals surface area contributed by atoms with Crippen LogP contribution in [-0.2, 0) is 11.3 Å². The van der Waals surface area contributed by atoms with Gasteiger partial charge in [0.05, 0.1) is 12.2 Å². The number of hydrogen-bond donors (Lipinski definition) is 0. The molecule has 0 spiro atoms. The monoisotopic (exact) mass is 274 g/mol. The average molecular weight is 275 g/mol. The van der Waals surface area contributed by atoms with E-state index < -0.39 is 0 Å². The van der Waals surface area contributed by atoms with Crippen LogP contribution in [0.2, 0.25) is 0 Å². The minimum absolute atomic E-state index is 0.00102. The van der Waals surface area contributed by atoms with Crippen LogP contribution in [0.5, 0.6) is 0 Å². The Morgan fingerprint density at radius 1 is 1.32 bits per heavy atom. The first-order valence-corrected chi connectivity index (χ1v) is 7.01. The number of rotatable bonds is 4. The summed E-state index contributed by atoms with van der Waals surface area (Å²) in [6.45, 7) is 0.553. The fraction of sp³-hybridized carbons (Fsp3) is 0.333. The number of alkyl halides is 1. The third-order valence-corrected chi connectivity index (χ3v) is 3.73. The molecule has 3 nitrogen and oxygen atoms in total. The van der Waals surface area contributed by atoms with Crippen molar-refractivity contribution < 1.29 is 4.79 Å². The summed E-state index contributed by atoms with van der Waals surface area (Å²) in [6, 6.07) is 10.5. The number of nitrogens with zero attached hydrogens (tertiary/aromatic N) is 2. The van der Waals surface area contributed by atoms with Crippen molar-refractivity contribution in [2.45, 2.75) is 25.4 Å². The maximum Gasteiger partial charge on any atom is 0.238 e. The van der Waals surface area contributed by atoms with Gasteiger partial charge in [0.15, 0.2) is 0 Å². The zero-order valence-electron chi connectivity index (χ0n) is 10.6. The van der Waals surface area contributed by atoms with Crippen LogP contribution in [0.4, 0.5) is 0 Å². The zero-order valence-corrected chi connectivity index (χ0v) is 11.3. The molecule has 0 unspecified atom stereocenters. The number of halogens is 1. The largest absolute Gasteiger partial charge is 0.333 e. The van der Waals surface area contributed by atoms with Gasteiger partial charge in [0.2, 0.25) is 5.91 Å². The van der Waals surface area contributed by atoms with Gasteiger partial charge in [-0.05, 0) is 24.3 Å². The molecule has 1 aliphatic rings. The van der Waals surface area contributed by atoms with Crippen molar-refractivity contribution in [3.63, 3.8) is 0 Å².